The van der Waals surface area contributed by atoms with E-state index in [9.17, 15) is 9.90 Å². The lowest BCUT2D eigenvalue weighted by atomic mass is 10.0. The lowest BCUT2D eigenvalue weighted by Gasteiger charge is -2.25. The lowest BCUT2D eigenvalue weighted by molar-refractivity contribution is -0.123. The molecule has 2 heterocycles. The molecule has 1 unspecified atom stereocenters. The van der Waals surface area contributed by atoms with Crippen molar-refractivity contribution in [2.24, 2.45) is 5.92 Å². The van der Waals surface area contributed by atoms with E-state index in [2.05, 4.69) is 42.3 Å². The molecule has 0 aliphatic carbocycles. The number of amides is 1. The molecular weight excluding hydrogens is 338 g/mol. The third-order valence-electron chi connectivity index (χ3n) is 5.24. The molecule has 1 aromatic heterocycles. The second-order valence-electron chi connectivity index (χ2n) is 8.05. The minimum Gasteiger partial charge on any atom is -0.390 e. The zero-order chi connectivity index (χ0) is 19.2. The standard InChI is InChI=1S/C22H31N3O2/c1-16(2)9-12-22(27)24-20-8-5-13-25(15-21(20)26)14-18-11-10-17-6-3-4-7-19(17)23-18/h3-4,6-7,10-11,16,20-21,26H,5,8-9,12-15H2,1-2H3,(H,24,27)/t20?,21-/m0/s1. The SMILES string of the molecule is CC(C)CCC(=O)NC1CCCN(Cc2ccc3ccccc3n2)C[C@@H]1O. The third-order valence-corrected chi connectivity index (χ3v) is 5.24. The van der Waals surface area contributed by atoms with Gasteiger partial charge in [-0.2, -0.15) is 0 Å². The number of β-amino-alcohol motifs (C(OH)–C–C–N with tert-alkyl or cyclic N) is 1. The van der Waals surface area contributed by atoms with Gasteiger partial charge in [0, 0.05) is 24.9 Å². The van der Waals surface area contributed by atoms with Gasteiger partial charge in [0.2, 0.25) is 5.91 Å². The van der Waals surface area contributed by atoms with Gasteiger partial charge in [-0.25, -0.2) is 0 Å². The van der Waals surface area contributed by atoms with Crippen LogP contribution >= 0.6 is 0 Å². The maximum atomic E-state index is 12.1. The van der Waals surface area contributed by atoms with E-state index in [0.29, 0.717) is 18.9 Å². The Morgan fingerprint density at radius 3 is 2.93 bits per heavy atom. The van der Waals surface area contributed by atoms with Crippen LogP contribution in [0.5, 0.6) is 0 Å². The van der Waals surface area contributed by atoms with Crippen LogP contribution in [0.15, 0.2) is 36.4 Å². The highest BCUT2D eigenvalue weighted by atomic mass is 16.3. The van der Waals surface area contributed by atoms with Crippen LogP contribution in [0.1, 0.15) is 45.2 Å². The van der Waals surface area contributed by atoms with Gasteiger partial charge in [-0.05, 0) is 43.9 Å². The van der Waals surface area contributed by atoms with Gasteiger partial charge in [0.05, 0.1) is 23.4 Å². The van der Waals surface area contributed by atoms with Crippen LogP contribution in [-0.4, -0.2) is 46.1 Å². The summed E-state index contributed by atoms with van der Waals surface area (Å²) in [5, 5.41) is 14.8. The molecule has 0 radical (unpaired) electrons. The van der Waals surface area contributed by atoms with Crippen molar-refractivity contribution in [2.75, 3.05) is 13.1 Å². The third kappa shape index (κ3) is 5.75. The Morgan fingerprint density at radius 2 is 2.11 bits per heavy atom. The molecular formula is C22H31N3O2. The van der Waals surface area contributed by atoms with E-state index in [1.807, 2.05) is 18.2 Å². The Kier molecular flexibility index (Phi) is 6.80. The Morgan fingerprint density at radius 1 is 1.30 bits per heavy atom. The molecule has 1 fully saturated rings. The van der Waals surface area contributed by atoms with Gasteiger partial charge in [0.15, 0.2) is 0 Å². The number of benzene rings is 1. The van der Waals surface area contributed by atoms with Gasteiger partial charge >= 0.3 is 0 Å². The number of aromatic nitrogens is 1. The fourth-order valence-electron chi connectivity index (χ4n) is 3.65. The van der Waals surface area contributed by atoms with E-state index >= 15 is 0 Å². The first kappa shape index (κ1) is 19.8. The van der Waals surface area contributed by atoms with E-state index in [4.69, 9.17) is 4.98 Å². The largest absolute Gasteiger partial charge is 0.390 e. The van der Waals surface area contributed by atoms with Gasteiger partial charge < -0.3 is 10.4 Å². The number of rotatable bonds is 6. The molecule has 0 saturated carbocycles. The van der Waals surface area contributed by atoms with Crippen molar-refractivity contribution in [3.8, 4) is 0 Å². The summed E-state index contributed by atoms with van der Waals surface area (Å²) in [4.78, 5) is 19.1. The van der Waals surface area contributed by atoms with Crippen LogP contribution in [0.25, 0.3) is 10.9 Å². The van der Waals surface area contributed by atoms with Crippen molar-refractivity contribution in [3.63, 3.8) is 0 Å². The van der Waals surface area contributed by atoms with Gasteiger partial charge in [-0.1, -0.05) is 38.1 Å². The molecule has 146 valence electrons. The van der Waals surface area contributed by atoms with Crippen LogP contribution in [0.3, 0.4) is 0 Å². The number of pyridine rings is 1. The van der Waals surface area contributed by atoms with Gasteiger partial charge in [-0.15, -0.1) is 0 Å². The minimum atomic E-state index is -0.545. The molecule has 5 heteroatoms. The number of hydrogen-bond acceptors (Lipinski definition) is 4. The summed E-state index contributed by atoms with van der Waals surface area (Å²) < 4.78 is 0. The average Bonchev–Trinajstić information content (AvgIpc) is 2.81. The minimum absolute atomic E-state index is 0.0531. The maximum absolute atomic E-state index is 12.1. The molecule has 1 aliphatic heterocycles. The number of aliphatic hydroxyl groups is 1. The highest BCUT2D eigenvalue weighted by Crippen LogP contribution is 2.17. The number of hydrogen-bond donors (Lipinski definition) is 2. The van der Waals surface area contributed by atoms with E-state index in [-0.39, 0.29) is 11.9 Å². The van der Waals surface area contributed by atoms with E-state index in [1.165, 1.54) is 0 Å². The number of para-hydroxylation sites is 1. The first-order valence-electron chi connectivity index (χ1n) is 10.1. The Labute approximate surface area is 161 Å². The number of carbonyl (C=O) groups excluding carboxylic acids is 1. The number of aliphatic hydroxyl groups excluding tert-OH is 1. The first-order chi connectivity index (χ1) is 13.0. The van der Waals surface area contributed by atoms with Crippen molar-refractivity contribution < 1.29 is 9.90 Å². The predicted octanol–water partition coefficient (Wildman–Crippen LogP) is 3.11. The molecule has 1 amide bonds. The van der Waals surface area contributed by atoms with Crippen molar-refractivity contribution in [2.45, 2.75) is 58.2 Å². The summed E-state index contributed by atoms with van der Waals surface area (Å²) in [5.74, 6) is 0.567. The number of likely N-dealkylation sites (tertiary alicyclic amines) is 1. The first-order valence-corrected chi connectivity index (χ1v) is 10.1. The van der Waals surface area contributed by atoms with E-state index < -0.39 is 6.10 Å². The van der Waals surface area contributed by atoms with Crippen molar-refractivity contribution in [1.29, 1.82) is 0 Å². The molecule has 1 aliphatic rings. The summed E-state index contributed by atoms with van der Waals surface area (Å²) in [7, 11) is 0. The summed E-state index contributed by atoms with van der Waals surface area (Å²) >= 11 is 0. The van der Waals surface area contributed by atoms with Crippen LogP contribution in [-0.2, 0) is 11.3 Å². The predicted molar refractivity (Wildman–Crippen MR) is 108 cm³/mol. The summed E-state index contributed by atoms with van der Waals surface area (Å²) in [6, 6.07) is 12.1. The van der Waals surface area contributed by atoms with Crippen LogP contribution in [0.4, 0.5) is 0 Å². The second-order valence-corrected chi connectivity index (χ2v) is 8.05. The number of fused-ring (bicyclic) bond motifs is 1. The number of carbonyl (C=O) groups is 1. The average molecular weight is 370 g/mol. The molecule has 3 rings (SSSR count). The Hall–Kier alpha value is -1.98. The molecule has 2 aromatic rings. The molecule has 27 heavy (non-hydrogen) atoms. The fraction of sp³-hybridized carbons (Fsp3) is 0.545. The normalized spacial score (nSPS) is 21.3. The molecule has 1 saturated heterocycles. The Balaban J connectivity index is 1.56. The van der Waals surface area contributed by atoms with E-state index in [1.54, 1.807) is 0 Å². The number of nitrogens with one attached hydrogen (secondary N) is 1. The van der Waals surface area contributed by atoms with Gasteiger partial charge in [-0.3, -0.25) is 14.7 Å². The lowest BCUT2D eigenvalue weighted by Crippen LogP contribution is -2.46. The molecule has 0 bridgehead atoms. The molecule has 2 atom stereocenters. The summed E-state index contributed by atoms with van der Waals surface area (Å²) in [6.45, 7) is 6.42. The van der Waals surface area contributed by atoms with Gasteiger partial charge in [0.1, 0.15) is 0 Å². The Bertz CT molecular complexity index is 762. The second kappa shape index (κ2) is 9.29. The van der Waals surface area contributed by atoms with Crippen molar-refractivity contribution in [3.05, 3.63) is 42.1 Å². The smallest absolute Gasteiger partial charge is 0.220 e. The quantitative estimate of drug-likeness (QED) is 0.821. The highest BCUT2D eigenvalue weighted by molar-refractivity contribution is 5.78. The topological polar surface area (TPSA) is 65.5 Å². The molecule has 5 nitrogen and oxygen atoms in total. The van der Waals surface area contributed by atoms with Crippen LogP contribution in [0, 0.1) is 5.92 Å². The fourth-order valence-corrected chi connectivity index (χ4v) is 3.65. The summed E-state index contributed by atoms with van der Waals surface area (Å²) in [6.07, 6.45) is 2.65. The van der Waals surface area contributed by atoms with Crippen molar-refractivity contribution in [1.82, 2.24) is 15.2 Å². The number of nitrogens with zero attached hydrogens (tertiary/aromatic N) is 2. The monoisotopic (exact) mass is 369 g/mol. The molecule has 1 aromatic carbocycles. The molecule has 0 spiro atoms. The summed E-state index contributed by atoms with van der Waals surface area (Å²) in [5.41, 5.74) is 2.01. The maximum Gasteiger partial charge on any atom is 0.220 e. The molecule has 2 N–H and O–H groups in total. The highest BCUT2D eigenvalue weighted by Gasteiger charge is 2.26. The van der Waals surface area contributed by atoms with E-state index in [0.717, 1.165) is 48.9 Å². The van der Waals surface area contributed by atoms with Crippen LogP contribution in [0.2, 0.25) is 0 Å². The zero-order valence-electron chi connectivity index (χ0n) is 16.4. The zero-order valence-corrected chi connectivity index (χ0v) is 16.4. The van der Waals surface area contributed by atoms with Crippen molar-refractivity contribution >= 4 is 16.8 Å². The van der Waals surface area contributed by atoms with Crippen LogP contribution < -0.4 is 5.32 Å². The van der Waals surface area contributed by atoms with Gasteiger partial charge in [0.25, 0.3) is 0 Å².